The van der Waals surface area contributed by atoms with Crippen molar-refractivity contribution in [1.29, 1.82) is 0 Å². The van der Waals surface area contributed by atoms with Crippen LogP contribution in [0.3, 0.4) is 0 Å². The van der Waals surface area contributed by atoms with E-state index in [9.17, 15) is 5.11 Å². The number of rotatable bonds is 7. The van der Waals surface area contributed by atoms with Crippen LogP contribution in [0.5, 0.6) is 0 Å². The zero-order valence-corrected chi connectivity index (χ0v) is 11.6. The molecule has 0 aliphatic carbocycles. The maximum atomic E-state index is 9.77. The summed E-state index contributed by atoms with van der Waals surface area (Å²) in [6, 6.07) is 0. The van der Waals surface area contributed by atoms with Crippen molar-refractivity contribution < 1.29 is 9.84 Å². The molecular weight excluding hydrogens is 216 g/mol. The Kier molecular flexibility index (Phi) is 7.04. The topological polar surface area (TPSA) is 35.9 Å². The van der Waals surface area contributed by atoms with Gasteiger partial charge in [-0.15, -0.1) is 0 Å². The van der Waals surface area contributed by atoms with Gasteiger partial charge < -0.3 is 19.6 Å². The first-order chi connectivity index (χ1) is 8.11. The summed E-state index contributed by atoms with van der Waals surface area (Å²) in [5, 5.41) is 9.77. The maximum Gasteiger partial charge on any atom is 0.0900 e. The van der Waals surface area contributed by atoms with Crippen LogP contribution in [0.1, 0.15) is 19.8 Å². The predicted octanol–water partition coefficient (Wildman–Crippen LogP) is 0.657. The minimum Gasteiger partial charge on any atom is -0.389 e. The zero-order valence-electron chi connectivity index (χ0n) is 11.6. The van der Waals surface area contributed by atoms with Gasteiger partial charge in [-0.2, -0.15) is 0 Å². The highest BCUT2D eigenvalue weighted by Gasteiger charge is 2.21. The van der Waals surface area contributed by atoms with Gasteiger partial charge in [0.15, 0.2) is 0 Å². The zero-order chi connectivity index (χ0) is 12.7. The van der Waals surface area contributed by atoms with E-state index in [0.29, 0.717) is 13.2 Å². The third kappa shape index (κ3) is 6.36. The van der Waals surface area contributed by atoms with Gasteiger partial charge in [0, 0.05) is 19.7 Å². The fourth-order valence-corrected chi connectivity index (χ4v) is 2.47. The van der Waals surface area contributed by atoms with Gasteiger partial charge in [-0.1, -0.05) is 0 Å². The van der Waals surface area contributed by atoms with Crippen molar-refractivity contribution >= 4 is 0 Å². The second-order valence-electron chi connectivity index (χ2n) is 5.32. The molecule has 0 saturated carbocycles. The van der Waals surface area contributed by atoms with E-state index in [2.05, 4.69) is 23.9 Å². The highest BCUT2D eigenvalue weighted by Crippen LogP contribution is 2.17. The van der Waals surface area contributed by atoms with Crippen LogP contribution in [0, 0.1) is 5.92 Å². The van der Waals surface area contributed by atoms with Gasteiger partial charge in [0.1, 0.15) is 0 Å². The van der Waals surface area contributed by atoms with Gasteiger partial charge in [-0.05, 0) is 52.9 Å². The summed E-state index contributed by atoms with van der Waals surface area (Å²) in [6.45, 7) is 7.28. The van der Waals surface area contributed by atoms with Crippen LogP contribution in [0.25, 0.3) is 0 Å². The molecule has 1 saturated heterocycles. The van der Waals surface area contributed by atoms with Crippen LogP contribution in [0.15, 0.2) is 0 Å². The molecule has 1 rings (SSSR count). The summed E-state index contributed by atoms with van der Waals surface area (Å²) in [6.07, 6.45) is 2.17. The SMILES string of the molecule is CCOCC(O)CN1CCC(CN(C)C)CC1. The number of aliphatic hydroxyl groups is 1. The van der Waals surface area contributed by atoms with Crippen molar-refractivity contribution in [2.45, 2.75) is 25.9 Å². The molecule has 0 amide bonds. The van der Waals surface area contributed by atoms with Crippen LogP contribution in [0.2, 0.25) is 0 Å². The first-order valence-electron chi connectivity index (χ1n) is 6.74. The Hall–Kier alpha value is -0.160. The lowest BCUT2D eigenvalue weighted by Gasteiger charge is -2.34. The summed E-state index contributed by atoms with van der Waals surface area (Å²) in [4.78, 5) is 4.63. The first-order valence-corrected chi connectivity index (χ1v) is 6.74. The number of hydrogen-bond donors (Lipinski definition) is 1. The highest BCUT2D eigenvalue weighted by atomic mass is 16.5. The van der Waals surface area contributed by atoms with Crippen molar-refractivity contribution in [3.05, 3.63) is 0 Å². The Bertz CT molecular complexity index is 192. The van der Waals surface area contributed by atoms with Gasteiger partial charge in [0.05, 0.1) is 12.7 Å². The van der Waals surface area contributed by atoms with Crippen molar-refractivity contribution in [3.8, 4) is 0 Å². The van der Waals surface area contributed by atoms with Crippen molar-refractivity contribution in [2.75, 3.05) is 53.5 Å². The van der Waals surface area contributed by atoms with Gasteiger partial charge in [0.2, 0.25) is 0 Å². The Morgan fingerprint density at radius 2 is 2.00 bits per heavy atom. The molecule has 4 nitrogen and oxygen atoms in total. The van der Waals surface area contributed by atoms with Crippen molar-refractivity contribution in [2.24, 2.45) is 5.92 Å². The minimum absolute atomic E-state index is 0.333. The molecule has 0 aromatic carbocycles. The maximum absolute atomic E-state index is 9.77. The monoisotopic (exact) mass is 244 g/mol. The van der Waals surface area contributed by atoms with Crippen molar-refractivity contribution in [1.82, 2.24) is 9.80 Å². The normalized spacial score (nSPS) is 21.0. The lowest BCUT2D eigenvalue weighted by atomic mass is 9.96. The number of aliphatic hydroxyl groups excluding tert-OH is 1. The smallest absolute Gasteiger partial charge is 0.0900 e. The van der Waals surface area contributed by atoms with E-state index in [0.717, 1.165) is 25.6 Å². The van der Waals surface area contributed by atoms with Crippen LogP contribution >= 0.6 is 0 Å². The lowest BCUT2D eigenvalue weighted by molar-refractivity contribution is 0.0138. The summed E-state index contributed by atoms with van der Waals surface area (Å²) >= 11 is 0. The molecule has 1 heterocycles. The molecule has 1 aliphatic heterocycles. The summed E-state index contributed by atoms with van der Waals surface area (Å²) < 4.78 is 5.23. The Balaban J connectivity index is 2.14. The van der Waals surface area contributed by atoms with Crippen LogP contribution in [-0.4, -0.2) is 74.5 Å². The molecule has 17 heavy (non-hydrogen) atoms. The minimum atomic E-state index is -0.333. The van der Waals surface area contributed by atoms with E-state index in [1.54, 1.807) is 0 Å². The molecule has 1 fully saturated rings. The van der Waals surface area contributed by atoms with Crippen LogP contribution in [0.4, 0.5) is 0 Å². The Morgan fingerprint density at radius 1 is 1.35 bits per heavy atom. The summed E-state index contributed by atoms with van der Waals surface area (Å²) in [7, 11) is 4.27. The average molecular weight is 244 g/mol. The molecule has 0 radical (unpaired) electrons. The highest BCUT2D eigenvalue weighted by molar-refractivity contribution is 4.75. The van der Waals surface area contributed by atoms with E-state index in [4.69, 9.17) is 4.74 Å². The van der Waals surface area contributed by atoms with Gasteiger partial charge in [-0.25, -0.2) is 0 Å². The van der Waals surface area contributed by atoms with Crippen molar-refractivity contribution in [3.63, 3.8) is 0 Å². The Morgan fingerprint density at radius 3 is 2.53 bits per heavy atom. The number of piperidine rings is 1. The number of β-amino-alcohol motifs (C(OH)–C–C–N with tert-alkyl or cyclic N) is 1. The molecule has 1 aliphatic rings. The quantitative estimate of drug-likeness (QED) is 0.713. The molecule has 1 atom stereocenters. The molecule has 4 heteroatoms. The van der Waals surface area contributed by atoms with Crippen LogP contribution < -0.4 is 0 Å². The summed E-state index contributed by atoms with van der Waals surface area (Å²) in [5.41, 5.74) is 0. The fourth-order valence-electron chi connectivity index (χ4n) is 2.47. The summed E-state index contributed by atoms with van der Waals surface area (Å²) in [5.74, 6) is 0.824. The van der Waals surface area contributed by atoms with Gasteiger partial charge in [-0.3, -0.25) is 0 Å². The second kappa shape index (κ2) is 8.03. The van der Waals surface area contributed by atoms with E-state index >= 15 is 0 Å². The van der Waals surface area contributed by atoms with Crippen LogP contribution in [-0.2, 0) is 4.74 Å². The van der Waals surface area contributed by atoms with E-state index in [-0.39, 0.29) is 6.10 Å². The Labute approximate surface area is 106 Å². The lowest BCUT2D eigenvalue weighted by Crippen LogP contribution is -2.41. The fraction of sp³-hybridized carbons (Fsp3) is 1.00. The standard InChI is InChI=1S/C13H28N2O2/c1-4-17-11-13(16)10-15-7-5-12(6-8-15)9-14(2)3/h12-13,16H,4-11H2,1-3H3. The number of ether oxygens (including phenoxy) is 1. The molecule has 0 bridgehead atoms. The largest absolute Gasteiger partial charge is 0.389 e. The third-order valence-electron chi connectivity index (χ3n) is 3.31. The molecule has 0 aromatic heterocycles. The second-order valence-corrected chi connectivity index (χ2v) is 5.32. The molecular formula is C13H28N2O2. The van der Waals surface area contributed by atoms with Gasteiger partial charge >= 0.3 is 0 Å². The first kappa shape index (κ1) is 14.9. The van der Waals surface area contributed by atoms with Gasteiger partial charge in [0.25, 0.3) is 0 Å². The molecule has 1 unspecified atom stereocenters. The third-order valence-corrected chi connectivity index (χ3v) is 3.31. The van der Waals surface area contributed by atoms with E-state index < -0.39 is 0 Å². The molecule has 1 N–H and O–H groups in total. The van der Waals surface area contributed by atoms with E-state index in [1.807, 2.05) is 6.92 Å². The predicted molar refractivity (Wildman–Crippen MR) is 70.2 cm³/mol. The number of nitrogens with zero attached hydrogens (tertiary/aromatic N) is 2. The average Bonchev–Trinajstić information content (AvgIpc) is 2.28. The molecule has 0 aromatic rings. The number of likely N-dealkylation sites (tertiary alicyclic amines) is 1. The molecule has 0 spiro atoms. The number of hydrogen-bond acceptors (Lipinski definition) is 4. The van der Waals surface area contributed by atoms with E-state index in [1.165, 1.54) is 19.4 Å². The molecule has 102 valence electrons.